The molecule has 2 rings (SSSR count). The number of aromatic nitrogens is 2. The third kappa shape index (κ3) is 1.26. The first kappa shape index (κ1) is 7.53. The van der Waals surface area contributed by atoms with Gasteiger partial charge in [0.2, 0.25) is 5.88 Å². The minimum Gasteiger partial charge on any atom is -0.480 e. The smallest absolute Gasteiger partial charge is 0.236 e. The van der Waals surface area contributed by atoms with Gasteiger partial charge in [0.1, 0.15) is 0 Å². The van der Waals surface area contributed by atoms with Crippen LogP contribution in [-0.4, -0.2) is 17.3 Å². The van der Waals surface area contributed by atoms with E-state index in [-0.39, 0.29) is 0 Å². The maximum absolute atomic E-state index is 5.03. The minimum atomic E-state index is 0.638. The summed E-state index contributed by atoms with van der Waals surface area (Å²) in [6.45, 7) is 2.00. The summed E-state index contributed by atoms with van der Waals surface area (Å²) in [5.74, 6) is 1.31. The summed E-state index contributed by atoms with van der Waals surface area (Å²) in [5.41, 5.74) is 2.20. The highest BCUT2D eigenvalue weighted by molar-refractivity contribution is 5.27. The molecule has 12 heavy (non-hydrogen) atoms. The second-order valence-corrected chi connectivity index (χ2v) is 3.24. The molecular formula is C9H12N2O. The molecule has 1 aromatic heterocycles. The molecule has 1 aliphatic carbocycles. The van der Waals surface area contributed by atoms with Crippen molar-refractivity contribution >= 4 is 0 Å². The molecule has 0 aromatic carbocycles. The first-order chi connectivity index (χ1) is 5.81. The van der Waals surface area contributed by atoms with Gasteiger partial charge in [-0.25, -0.2) is 0 Å². The Balaban J connectivity index is 2.30. The number of ether oxygens (including phenoxy) is 1. The minimum absolute atomic E-state index is 0.638. The Kier molecular flexibility index (Phi) is 1.71. The van der Waals surface area contributed by atoms with Gasteiger partial charge in [-0.2, -0.15) is 5.10 Å². The SMILES string of the molecule is COc1nnc(C2CC2)cc1C. The maximum Gasteiger partial charge on any atom is 0.236 e. The largest absolute Gasteiger partial charge is 0.480 e. The van der Waals surface area contributed by atoms with Gasteiger partial charge in [0.25, 0.3) is 0 Å². The van der Waals surface area contributed by atoms with E-state index in [0.29, 0.717) is 11.8 Å². The van der Waals surface area contributed by atoms with Crippen molar-refractivity contribution in [1.82, 2.24) is 10.2 Å². The number of methoxy groups -OCH3 is 1. The lowest BCUT2D eigenvalue weighted by atomic mass is 10.2. The molecule has 0 aliphatic heterocycles. The molecule has 0 bridgehead atoms. The van der Waals surface area contributed by atoms with Crippen LogP contribution in [0.3, 0.4) is 0 Å². The van der Waals surface area contributed by atoms with Gasteiger partial charge in [-0.05, 0) is 25.8 Å². The Bertz CT molecular complexity index is 295. The first-order valence-electron chi connectivity index (χ1n) is 4.19. The van der Waals surface area contributed by atoms with Crippen molar-refractivity contribution < 1.29 is 4.74 Å². The van der Waals surface area contributed by atoms with Crippen molar-refractivity contribution in [3.8, 4) is 5.88 Å². The average molecular weight is 164 g/mol. The lowest BCUT2D eigenvalue weighted by molar-refractivity contribution is 0.387. The third-order valence-corrected chi connectivity index (χ3v) is 2.15. The van der Waals surface area contributed by atoms with Crippen molar-refractivity contribution in [2.24, 2.45) is 0 Å². The van der Waals surface area contributed by atoms with E-state index < -0.39 is 0 Å². The van der Waals surface area contributed by atoms with E-state index in [0.717, 1.165) is 11.3 Å². The quantitative estimate of drug-likeness (QED) is 0.667. The van der Waals surface area contributed by atoms with Crippen LogP contribution in [-0.2, 0) is 0 Å². The van der Waals surface area contributed by atoms with Gasteiger partial charge in [-0.3, -0.25) is 0 Å². The number of rotatable bonds is 2. The van der Waals surface area contributed by atoms with Crippen LogP contribution in [0.1, 0.15) is 30.0 Å². The molecule has 3 nitrogen and oxygen atoms in total. The Morgan fingerprint density at radius 3 is 2.67 bits per heavy atom. The van der Waals surface area contributed by atoms with E-state index >= 15 is 0 Å². The summed E-state index contributed by atoms with van der Waals surface area (Å²) in [4.78, 5) is 0. The topological polar surface area (TPSA) is 35.0 Å². The fourth-order valence-corrected chi connectivity index (χ4v) is 1.27. The Morgan fingerprint density at radius 2 is 2.17 bits per heavy atom. The highest BCUT2D eigenvalue weighted by atomic mass is 16.5. The molecule has 64 valence electrons. The van der Waals surface area contributed by atoms with Crippen LogP contribution in [0.2, 0.25) is 0 Å². The van der Waals surface area contributed by atoms with Crippen LogP contribution in [0.5, 0.6) is 5.88 Å². The molecule has 0 N–H and O–H groups in total. The second-order valence-electron chi connectivity index (χ2n) is 3.24. The fraction of sp³-hybridized carbons (Fsp3) is 0.556. The van der Waals surface area contributed by atoms with Crippen LogP contribution >= 0.6 is 0 Å². The Hall–Kier alpha value is -1.12. The predicted molar refractivity (Wildman–Crippen MR) is 45.3 cm³/mol. The highest BCUT2D eigenvalue weighted by Gasteiger charge is 2.25. The number of aryl methyl sites for hydroxylation is 1. The standard InChI is InChI=1S/C9H12N2O/c1-6-5-8(7-3-4-7)10-11-9(6)12-2/h5,7H,3-4H2,1-2H3. The van der Waals surface area contributed by atoms with Gasteiger partial charge in [-0.1, -0.05) is 0 Å². The average Bonchev–Trinajstić information content (AvgIpc) is 2.86. The summed E-state index contributed by atoms with van der Waals surface area (Å²) in [5, 5.41) is 8.08. The second kappa shape index (κ2) is 2.73. The summed E-state index contributed by atoms with van der Waals surface area (Å²) >= 11 is 0. The van der Waals surface area contributed by atoms with E-state index in [4.69, 9.17) is 4.74 Å². The Labute approximate surface area is 71.8 Å². The van der Waals surface area contributed by atoms with Crippen LogP contribution in [0.25, 0.3) is 0 Å². The molecule has 3 heteroatoms. The monoisotopic (exact) mass is 164 g/mol. The molecule has 0 saturated heterocycles. The van der Waals surface area contributed by atoms with Crippen molar-refractivity contribution in [3.05, 3.63) is 17.3 Å². The zero-order valence-corrected chi connectivity index (χ0v) is 7.37. The van der Waals surface area contributed by atoms with Gasteiger partial charge in [-0.15, -0.1) is 5.10 Å². The summed E-state index contributed by atoms with van der Waals surface area (Å²) < 4.78 is 5.03. The van der Waals surface area contributed by atoms with Gasteiger partial charge in [0, 0.05) is 11.5 Å². The summed E-state index contributed by atoms with van der Waals surface area (Å²) in [7, 11) is 1.62. The molecule has 0 atom stereocenters. The molecule has 0 amide bonds. The lowest BCUT2D eigenvalue weighted by Crippen LogP contribution is -1.97. The van der Waals surface area contributed by atoms with Gasteiger partial charge >= 0.3 is 0 Å². The van der Waals surface area contributed by atoms with E-state index in [1.807, 2.05) is 6.92 Å². The van der Waals surface area contributed by atoms with E-state index in [1.165, 1.54) is 12.8 Å². The predicted octanol–water partition coefficient (Wildman–Crippen LogP) is 1.67. The third-order valence-electron chi connectivity index (χ3n) is 2.15. The normalized spacial score (nSPS) is 16.2. The number of hydrogen-bond acceptors (Lipinski definition) is 3. The first-order valence-corrected chi connectivity index (χ1v) is 4.19. The van der Waals surface area contributed by atoms with Gasteiger partial charge in [0.05, 0.1) is 12.8 Å². The summed E-state index contributed by atoms with van der Waals surface area (Å²) in [6.07, 6.45) is 2.53. The zero-order chi connectivity index (χ0) is 8.55. The van der Waals surface area contributed by atoms with Crippen molar-refractivity contribution in [1.29, 1.82) is 0 Å². The fourth-order valence-electron chi connectivity index (χ4n) is 1.27. The van der Waals surface area contributed by atoms with Gasteiger partial charge < -0.3 is 4.74 Å². The summed E-state index contributed by atoms with van der Waals surface area (Å²) in [6, 6.07) is 2.07. The van der Waals surface area contributed by atoms with Crippen molar-refractivity contribution in [2.45, 2.75) is 25.7 Å². The van der Waals surface area contributed by atoms with Crippen LogP contribution in [0.15, 0.2) is 6.07 Å². The van der Waals surface area contributed by atoms with E-state index in [1.54, 1.807) is 7.11 Å². The van der Waals surface area contributed by atoms with E-state index in [9.17, 15) is 0 Å². The Morgan fingerprint density at radius 1 is 1.42 bits per heavy atom. The highest BCUT2D eigenvalue weighted by Crippen LogP contribution is 2.39. The van der Waals surface area contributed by atoms with Crippen LogP contribution in [0.4, 0.5) is 0 Å². The molecule has 0 spiro atoms. The molecule has 0 radical (unpaired) electrons. The molecule has 1 aliphatic rings. The lowest BCUT2D eigenvalue weighted by Gasteiger charge is -2.02. The molecule has 0 unspecified atom stereocenters. The molecule has 1 aromatic rings. The number of nitrogens with zero attached hydrogens (tertiary/aromatic N) is 2. The van der Waals surface area contributed by atoms with Gasteiger partial charge in [0.15, 0.2) is 0 Å². The molecule has 1 saturated carbocycles. The van der Waals surface area contributed by atoms with Crippen LogP contribution < -0.4 is 4.74 Å². The maximum atomic E-state index is 5.03. The molecule has 1 heterocycles. The molecular weight excluding hydrogens is 152 g/mol. The van der Waals surface area contributed by atoms with Crippen molar-refractivity contribution in [3.63, 3.8) is 0 Å². The number of hydrogen-bond donors (Lipinski definition) is 0. The van der Waals surface area contributed by atoms with E-state index in [2.05, 4.69) is 16.3 Å². The molecule has 1 fully saturated rings. The zero-order valence-electron chi connectivity index (χ0n) is 7.37. The van der Waals surface area contributed by atoms with Crippen LogP contribution in [0, 0.1) is 6.92 Å². The van der Waals surface area contributed by atoms with Crippen molar-refractivity contribution in [2.75, 3.05) is 7.11 Å².